The number of benzene rings is 2. The second kappa shape index (κ2) is 7.48. The molecule has 2 aromatic rings. The first-order valence-electron chi connectivity index (χ1n) is 7.78. The summed E-state index contributed by atoms with van der Waals surface area (Å²) in [6, 6.07) is 9.86. The van der Waals surface area contributed by atoms with Crippen LogP contribution in [0.4, 0.5) is 14.5 Å². The third-order valence-electron chi connectivity index (χ3n) is 3.89. The number of carbonyl (C=O) groups excluding carboxylic acids is 1. The van der Waals surface area contributed by atoms with Crippen LogP contribution in [0.25, 0.3) is 0 Å². The highest BCUT2D eigenvalue weighted by Gasteiger charge is 2.28. The van der Waals surface area contributed by atoms with Gasteiger partial charge in [-0.15, -0.1) is 0 Å². The van der Waals surface area contributed by atoms with Crippen LogP contribution in [0.15, 0.2) is 53.4 Å². The van der Waals surface area contributed by atoms with Crippen molar-refractivity contribution in [1.82, 2.24) is 4.72 Å². The summed E-state index contributed by atoms with van der Waals surface area (Å²) < 4.78 is 58.2. The van der Waals surface area contributed by atoms with E-state index in [1.54, 1.807) is 0 Å². The van der Waals surface area contributed by atoms with Crippen LogP contribution in [0.1, 0.15) is 0 Å². The zero-order valence-electron chi connectivity index (χ0n) is 13.6. The molecule has 1 unspecified atom stereocenters. The quantitative estimate of drug-likeness (QED) is 0.854. The predicted molar refractivity (Wildman–Crippen MR) is 90.1 cm³/mol. The maximum atomic E-state index is 13.0. The molecule has 1 amide bonds. The number of nitrogens with zero attached hydrogens (tertiary/aromatic N) is 1. The molecule has 1 heterocycles. The molecular weight excluding hydrogens is 366 g/mol. The standard InChI is InChI=1S/C17H16F2N2O4S/c18-12-1-5-14(6-2-12)21-10-15(25-11-17(21)22)9-20-26(23,24)16-7-3-13(19)4-8-16/h1-8,15,20H,9-11H2. The zero-order valence-corrected chi connectivity index (χ0v) is 14.4. The molecule has 1 atom stereocenters. The monoisotopic (exact) mass is 382 g/mol. The van der Waals surface area contributed by atoms with Crippen molar-refractivity contribution in [2.45, 2.75) is 11.0 Å². The largest absolute Gasteiger partial charge is 0.365 e. The molecule has 6 nitrogen and oxygen atoms in total. The number of anilines is 1. The van der Waals surface area contributed by atoms with E-state index in [1.165, 1.54) is 29.2 Å². The normalized spacial score (nSPS) is 18.2. The highest BCUT2D eigenvalue weighted by atomic mass is 32.2. The highest BCUT2D eigenvalue weighted by molar-refractivity contribution is 7.89. The number of nitrogens with one attached hydrogen (secondary N) is 1. The first-order chi connectivity index (χ1) is 12.3. The lowest BCUT2D eigenvalue weighted by Gasteiger charge is -2.32. The van der Waals surface area contributed by atoms with Gasteiger partial charge in [-0.3, -0.25) is 4.79 Å². The third kappa shape index (κ3) is 4.24. The van der Waals surface area contributed by atoms with Gasteiger partial charge in [0.15, 0.2) is 0 Å². The van der Waals surface area contributed by atoms with E-state index in [0.717, 1.165) is 24.3 Å². The van der Waals surface area contributed by atoms with Crippen LogP contribution in [0, 0.1) is 11.6 Å². The summed E-state index contributed by atoms with van der Waals surface area (Å²) in [6.07, 6.45) is -0.576. The number of rotatable bonds is 5. The van der Waals surface area contributed by atoms with Crippen LogP contribution in [0.5, 0.6) is 0 Å². The lowest BCUT2D eigenvalue weighted by atomic mass is 10.2. The van der Waals surface area contributed by atoms with E-state index in [1.807, 2.05) is 0 Å². The summed E-state index contributed by atoms with van der Waals surface area (Å²) in [4.78, 5) is 13.4. The molecule has 0 radical (unpaired) electrons. The SMILES string of the molecule is O=C1COC(CNS(=O)(=O)c2ccc(F)cc2)CN1c1ccc(F)cc1. The number of hydrogen-bond acceptors (Lipinski definition) is 4. The number of morpholine rings is 1. The Balaban J connectivity index is 1.65. The van der Waals surface area contributed by atoms with Crippen molar-refractivity contribution in [1.29, 1.82) is 0 Å². The van der Waals surface area contributed by atoms with Crippen LogP contribution >= 0.6 is 0 Å². The van der Waals surface area contributed by atoms with Crippen molar-refractivity contribution in [2.75, 3.05) is 24.6 Å². The maximum Gasteiger partial charge on any atom is 0.253 e. The van der Waals surface area contributed by atoms with E-state index in [-0.39, 0.29) is 30.5 Å². The maximum absolute atomic E-state index is 13.0. The van der Waals surface area contributed by atoms with Gasteiger partial charge >= 0.3 is 0 Å². The molecule has 0 bridgehead atoms. The number of hydrogen-bond donors (Lipinski definition) is 1. The third-order valence-corrected chi connectivity index (χ3v) is 5.33. The summed E-state index contributed by atoms with van der Waals surface area (Å²) >= 11 is 0. The Morgan fingerprint density at radius 3 is 2.23 bits per heavy atom. The topological polar surface area (TPSA) is 75.7 Å². The Hall–Kier alpha value is -2.36. The van der Waals surface area contributed by atoms with Crippen LogP contribution < -0.4 is 9.62 Å². The number of halogens is 2. The fourth-order valence-electron chi connectivity index (χ4n) is 2.52. The Kier molecular flexibility index (Phi) is 5.30. The molecule has 1 aliphatic rings. The van der Waals surface area contributed by atoms with Gasteiger partial charge in [-0.05, 0) is 48.5 Å². The Morgan fingerprint density at radius 2 is 1.62 bits per heavy atom. The Bertz CT molecular complexity index is 886. The molecule has 0 aliphatic carbocycles. The second-order valence-electron chi connectivity index (χ2n) is 5.72. The van der Waals surface area contributed by atoms with Gasteiger partial charge in [-0.2, -0.15) is 0 Å². The fourth-order valence-corrected chi connectivity index (χ4v) is 3.59. The van der Waals surface area contributed by atoms with Gasteiger partial charge in [-0.25, -0.2) is 21.9 Å². The molecule has 2 aromatic carbocycles. The van der Waals surface area contributed by atoms with Gasteiger partial charge in [-0.1, -0.05) is 0 Å². The van der Waals surface area contributed by atoms with E-state index >= 15 is 0 Å². The number of sulfonamides is 1. The molecule has 1 N–H and O–H groups in total. The van der Waals surface area contributed by atoms with Gasteiger partial charge in [0.1, 0.15) is 18.2 Å². The van der Waals surface area contributed by atoms with Crippen molar-refractivity contribution < 1.29 is 26.7 Å². The highest BCUT2D eigenvalue weighted by Crippen LogP contribution is 2.19. The van der Waals surface area contributed by atoms with Gasteiger partial charge in [0, 0.05) is 12.2 Å². The molecule has 1 aliphatic heterocycles. The molecule has 0 spiro atoms. The smallest absolute Gasteiger partial charge is 0.253 e. The molecule has 9 heteroatoms. The van der Waals surface area contributed by atoms with Gasteiger partial charge < -0.3 is 9.64 Å². The van der Waals surface area contributed by atoms with Crippen molar-refractivity contribution in [3.63, 3.8) is 0 Å². The molecule has 0 aromatic heterocycles. The van der Waals surface area contributed by atoms with Crippen LogP contribution in [0.2, 0.25) is 0 Å². The average molecular weight is 382 g/mol. The molecular formula is C17H16F2N2O4S. The Labute approximate surface area is 149 Å². The number of ether oxygens (including phenoxy) is 1. The van der Waals surface area contributed by atoms with Crippen LogP contribution in [-0.4, -0.2) is 40.1 Å². The summed E-state index contributed by atoms with van der Waals surface area (Å²) in [5.41, 5.74) is 0.506. The predicted octanol–water partition coefficient (Wildman–Crippen LogP) is 1.68. The van der Waals surface area contributed by atoms with E-state index in [4.69, 9.17) is 4.74 Å². The first kappa shape index (κ1) is 18.4. The number of amides is 1. The molecule has 138 valence electrons. The minimum Gasteiger partial charge on any atom is -0.365 e. The summed E-state index contributed by atoms with van der Waals surface area (Å²) in [6.45, 7) is -0.151. The van der Waals surface area contributed by atoms with Crippen molar-refractivity contribution in [3.8, 4) is 0 Å². The zero-order chi connectivity index (χ0) is 18.7. The summed E-state index contributed by atoms with van der Waals surface area (Å²) in [5.74, 6) is -1.25. The second-order valence-corrected chi connectivity index (χ2v) is 7.49. The molecule has 0 saturated carbocycles. The van der Waals surface area contributed by atoms with Crippen LogP contribution in [0.3, 0.4) is 0 Å². The molecule has 1 saturated heterocycles. The first-order valence-corrected chi connectivity index (χ1v) is 9.26. The molecule has 26 heavy (non-hydrogen) atoms. The van der Waals surface area contributed by atoms with Crippen molar-refractivity contribution in [3.05, 3.63) is 60.2 Å². The summed E-state index contributed by atoms with van der Waals surface area (Å²) in [7, 11) is -3.83. The molecule has 3 rings (SSSR count). The minimum absolute atomic E-state index is 0.0648. The van der Waals surface area contributed by atoms with E-state index in [9.17, 15) is 22.0 Å². The van der Waals surface area contributed by atoms with Gasteiger partial charge in [0.25, 0.3) is 5.91 Å². The van der Waals surface area contributed by atoms with Crippen LogP contribution in [-0.2, 0) is 19.6 Å². The van der Waals surface area contributed by atoms with Crippen molar-refractivity contribution >= 4 is 21.6 Å². The average Bonchev–Trinajstić information content (AvgIpc) is 2.62. The Morgan fingerprint density at radius 1 is 1.04 bits per heavy atom. The lowest BCUT2D eigenvalue weighted by molar-refractivity contribution is -0.129. The van der Waals surface area contributed by atoms with E-state index in [0.29, 0.717) is 5.69 Å². The molecule has 1 fully saturated rings. The minimum atomic E-state index is -3.83. The van der Waals surface area contributed by atoms with E-state index < -0.39 is 27.8 Å². The van der Waals surface area contributed by atoms with E-state index in [2.05, 4.69) is 4.72 Å². The van der Waals surface area contributed by atoms with Gasteiger partial charge in [0.05, 0.1) is 17.5 Å². The van der Waals surface area contributed by atoms with Gasteiger partial charge in [0.2, 0.25) is 10.0 Å². The number of carbonyl (C=O) groups is 1. The summed E-state index contributed by atoms with van der Waals surface area (Å²) in [5, 5.41) is 0. The van der Waals surface area contributed by atoms with Crippen molar-refractivity contribution in [2.24, 2.45) is 0 Å². The lowest BCUT2D eigenvalue weighted by Crippen LogP contribution is -2.50. The fraction of sp³-hybridized carbons (Fsp3) is 0.235.